The van der Waals surface area contributed by atoms with Crippen molar-refractivity contribution in [3.8, 4) is 11.5 Å². The lowest BCUT2D eigenvalue weighted by Gasteiger charge is -2.15. The van der Waals surface area contributed by atoms with E-state index >= 15 is 0 Å². The monoisotopic (exact) mass is 434 g/mol. The number of carboxylic acid groups (broad SMARTS) is 1. The number of rotatable bonds is 6. The maximum absolute atomic E-state index is 13.1. The molecule has 1 atom stereocenters. The number of benzene rings is 3. The number of methoxy groups -OCH3 is 1. The summed E-state index contributed by atoms with van der Waals surface area (Å²) in [5, 5.41) is 27.4. The quantitative estimate of drug-likeness (QED) is 0.269. The molecule has 0 fully saturated rings. The highest BCUT2D eigenvalue weighted by atomic mass is 16.5. The number of phenolic OH excluding ortho intramolecular Hbond substituents is 1. The lowest BCUT2D eigenvalue weighted by molar-refractivity contribution is 0.0693. The molecule has 1 amide bonds. The second kappa shape index (κ2) is 8.27. The Bertz CT molecular complexity index is 1390. The van der Waals surface area contributed by atoms with E-state index in [-0.39, 0.29) is 39.7 Å². The molecule has 164 valence electrons. The summed E-state index contributed by atoms with van der Waals surface area (Å²) in [6, 6.07) is 9.92. The zero-order valence-electron chi connectivity index (χ0n) is 17.8. The van der Waals surface area contributed by atoms with Gasteiger partial charge in [0.25, 0.3) is 5.91 Å². The minimum Gasteiger partial charge on any atom is -0.506 e. The Morgan fingerprint density at radius 2 is 1.75 bits per heavy atom. The average Bonchev–Trinajstić information content (AvgIpc) is 2.80. The van der Waals surface area contributed by atoms with Gasteiger partial charge < -0.3 is 25.6 Å². The highest BCUT2D eigenvalue weighted by Crippen LogP contribution is 2.37. The molecular formula is C23H22N4O5. The van der Waals surface area contributed by atoms with E-state index in [0.29, 0.717) is 28.4 Å². The number of hydrogen-bond donors (Lipinski definition) is 4. The smallest absolute Gasteiger partial charge is 0.339 e. The van der Waals surface area contributed by atoms with E-state index in [4.69, 9.17) is 4.74 Å². The normalized spacial score (nSPS) is 12.2. The van der Waals surface area contributed by atoms with Crippen molar-refractivity contribution in [3.05, 3.63) is 47.5 Å². The Morgan fingerprint density at radius 3 is 2.41 bits per heavy atom. The van der Waals surface area contributed by atoms with Gasteiger partial charge in [-0.1, -0.05) is 24.3 Å². The Labute approximate surface area is 183 Å². The molecule has 3 aromatic carbocycles. The largest absolute Gasteiger partial charge is 0.506 e. The molecule has 0 radical (unpaired) electrons. The van der Waals surface area contributed by atoms with Gasteiger partial charge in [-0.25, -0.2) is 14.8 Å². The molecule has 9 nitrogen and oxygen atoms in total. The van der Waals surface area contributed by atoms with Crippen LogP contribution in [0.3, 0.4) is 0 Å². The van der Waals surface area contributed by atoms with E-state index in [0.717, 1.165) is 0 Å². The lowest BCUT2D eigenvalue weighted by atomic mass is 10.0. The zero-order chi connectivity index (χ0) is 23.0. The van der Waals surface area contributed by atoms with Crippen LogP contribution in [-0.4, -0.2) is 58.8 Å². The van der Waals surface area contributed by atoms with Crippen LogP contribution in [0.2, 0.25) is 0 Å². The number of carbonyl (C=O) groups excluding carboxylic acids is 1. The summed E-state index contributed by atoms with van der Waals surface area (Å²) in [5.74, 6) is -1.73. The van der Waals surface area contributed by atoms with Gasteiger partial charge in [0.15, 0.2) is 0 Å². The number of hydrogen-bond acceptors (Lipinski definition) is 7. The predicted octanol–water partition coefficient (Wildman–Crippen LogP) is 2.69. The lowest BCUT2D eigenvalue weighted by Crippen LogP contribution is -2.37. The molecule has 1 aromatic heterocycles. The number of likely N-dealkylation sites (N-methyl/N-ethyl adjacent to an activating group) is 1. The molecule has 0 aliphatic carbocycles. The maximum Gasteiger partial charge on any atom is 0.339 e. The van der Waals surface area contributed by atoms with Crippen molar-refractivity contribution in [2.24, 2.45) is 0 Å². The third-order valence-electron chi connectivity index (χ3n) is 5.42. The molecule has 0 saturated carbocycles. The second-order valence-corrected chi connectivity index (χ2v) is 7.44. The first-order valence-corrected chi connectivity index (χ1v) is 9.97. The molecule has 1 heterocycles. The molecule has 4 aromatic rings. The first-order valence-electron chi connectivity index (χ1n) is 9.97. The molecule has 32 heavy (non-hydrogen) atoms. The number of phenols is 1. The fraction of sp³-hybridized carbons (Fsp3) is 0.217. The molecule has 0 saturated heterocycles. The molecule has 0 aliphatic rings. The highest BCUT2D eigenvalue weighted by molar-refractivity contribution is 6.19. The minimum atomic E-state index is -1.17. The van der Waals surface area contributed by atoms with Crippen molar-refractivity contribution in [2.45, 2.75) is 13.0 Å². The Hall–Kier alpha value is -3.98. The van der Waals surface area contributed by atoms with Crippen LogP contribution in [0.4, 0.5) is 0 Å². The fourth-order valence-corrected chi connectivity index (χ4v) is 3.58. The van der Waals surface area contributed by atoms with Crippen LogP contribution in [0.25, 0.3) is 32.8 Å². The molecule has 1 unspecified atom stereocenters. The summed E-state index contributed by atoms with van der Waals surface area (Å²) < 4.78 is 5.20. The first kappa shape index (κ1) is 21.3. The summed E-state index contributed by atoms with van der Waals surface area (Å²) >= 11 is 0. The van der Waals surface area contributed by atoms with Gasteiger partial charge in [-0.05, 0) is 20.0 Å². The van der Waals surface area contributed by atoms with Crippen LogP contribution in [0.15, 0.2) is 36.4 Å². The number of amides is 1. The summed E-state index contributed by atoms with van der Waals surface area (Å²) in [5.41, 5.74) is 1.19. The summed E-state index contributed by atoms with van der Waals surface area (Å²) in [7, 11) is 3.16. The number of carbonyl (C=O) groups is 2. The van der Waals surface area contributed by atoms with E-state index in [9.17, 15) is 19.8 Å². The van der Waals surface area contributed by atoms with E-state index < -0.39 is 11.9 Å². The molecule has 9 heteroatoms. The Morgan fingerprint density at radius 1 is 1.09 bits per heavy atom. The van der Waals surface area contributed by atoms with E-state index in [1.165, 1.54) is 19.2 Å². The van der Waals surface area contributed by atoms with Crippen LogP contribution in [0.1, 0.15) is 27.6 Å². The van der Waals surface area contributed by atoms with Gasteiger partial charge in [0.05, 0.1) is 23.7 Å². The molecule has 0 bridgehead atoms. The highest BCUT2D eigenvalue weighted by Gasteiger charge is 2.23. The number of ether oxygens (including phenoxy) is 1. The van der Waals surface area contributed by atoms with Gasteiger partial charge in [0.1, 0.15) is 28.1 Å². The number of fused-ring (bicyclic) bond motifs is 4. The number of aromatic nitrogens is 2. The van der Waals surface area contributed by atoms with Gasteiger partial charge in [0, 0.05) is 29.4 Å². The van der Waals surface area contributed by atoms with Crippen LogP contribution in [0, 0.1) is 0 Å². The zero-order valence-corrected chi connectivity index (χ0v) is 17.8. The van der Waals surface area contributed by atoms with Gasteiger partial charge in [-0.15, -0.1) is 0 Å². The number of nitrogens with zero attached hydrogens (tertiary/aromatic N) is 2. The number of nitrogens with one attached hydrogen (secondary N) is 2. The number of carboxylic acids is 1. The average molecular weight is 434 g/mol. The first-order chi connectivity index (χ1) is 15.3. The molecule has 0 aliphatic heterocycles. The summed E-state index contributed by atoms with van der Waals surface area (Å²) in [6.07, 6.45) is 0. The Kier molecular flexibility index (Phi) is 5.50. The minimum absolute atomic E-state index is 0.0101. The SMILES string of the molecule is CNC(C)CNC(=O)c1c(O)c2ccccc2c2nc3cc(OC)c(C(=O)O)cc3nc12. The molecule has 4 rings (SSSR count). The van der Waals surface area contributed by atoms with Crippen molar-refractivity contribution in [1.29, 1.82) is 0 Å². The summed E-state index contributed by atoms with van der Waals surface area (Å²) in [4.78, 5) is 33.9. The van der Waals surface area contributed by atoms with E-state index in [1.54, 1.807) is 31.3 Å². The third-order valence-corrected chi connectivity index (χ3v) is 5.42. The molecule has 0 spiro atoms. The van der Waals surface area contributed by atoms with E-state index in [2.05, 4.69) is 20.6 Å². The standard InChI is InChI=1S/C23H22N4O5/c1-11(24-2)10-25-22(29)18-20-19(12-6-4-5-7-13(12)21(18)28)26-16-9-17(32-3)14(23(30)31)8-15(16)27-20/h4-9,11,24,28H,10H2,1-3H3,(H,25,29)(H,30,31). The van der Waals surface area contributed by atoms with Crippen molar-refractivity contribution in [3.63, 3.8) is 0 Å². The fourth-order valence-electron chi connectivity index (χ4n) is 3.58. The van der Waals surface area contributed by atoms with Crippen LogP contribution in [0.5, 0.6) is 11.5 Å². The van der Waals surface area contributed by atoms with Crippen molar-refractivity contribution in [2.75, 3.05) is 20.7 Å². The van der Waals surface area contributed by atoms with Crippen LogP contribution < -0.4 is 15.4 Å². The summed E-state index contributed by atoms with van der Waals surface area (Å²) in [6.45, 7) is 2.25. The second-order valence-electron chi connectivity index (χ2n) is 7.44. The van der Waals surface area contributed by atoms with E-state index in [1.807, 2.05) is 6.92 Å². The predicted molar refractivity (Wildman–Crippen MR) is 121 cm³/mol. The van der Waals surface area contributed by atoms with Gasteiger partial charge in [0.2, 0.25) is 0 Å². The maximum atomic E-state index is 13.1. The third kappa shape index (κ3) is 3.52. The van der Waals surface area contributed by atoms with Crippen LogP contribution in [-0.2, 0) is 0 Å². The van der Waals surface area contributed by atoms with Crippen molar-refractivity contribution >= 4 is 44.7 Å². The number of aromatic hydroxyl groups is 1. The Balaban J connectivity index is 2.05. The van der Waals surface area contributed by atoms with Crippen LogP contribution >= 0.6 is 0 Å². The number of aromatic carboxylic acids is 1. The topological polar surface area (TPSA) is 134 Å². The molecular weight excluding hydrogens is 412 g/mol. The van der Waals surface area contributed by atoms with Gasteiger partial charge in [-0.2, -0.15) is 0 Å². The molecule has 4 N–H and O–H groups in total. The van der Waals surface area contributed by atoms with Gasteiger partial charge in [-0.3, -0.25) is 4.79 Å². The van der Waals surface area contributed by atoms with Gasteiger partial charge >= 0.3 is 5.97 Å². The van der Waals surface area contributed by atoms with Crippen molar-refractivity contribution < 1.29 is 24.5 Å². The van der Waals surface area contributed by atoms with Crippen molar-refractivity contribution in [1.82, 2.24) is 20.6 Å².